The topological polar surface area (TPSA) is 56.8 Å². The molecule has 3 fully saturated rings. The highest BCUT2D eigenvalue weighted by Gasteiger charge is 2.54. The van der Waals surface area contributed by atoms with E-state index in [0.717, 1.165) is 36.3 Å². The predicted octanol–water partition coefficient (Wildman–Crippen LogP) is 3.82. The maximum atomic E-state index is 12.6. The standard InChI is InChI=1S/C23H29NO4/c1-14-4-3-7-23(2)10-21-16(9-18(14)23)17(22(25)28-21)12-24-11-15-5-6-19-20(8-15)27-13-26-19/h5-6,8,16-18,21,24H,1,3-4,7,9-13H2,2H3/t16-,17+,18-,21+,23+/m0/s1. The Bertz CT molecular complexity index is 806. The molecule has 4 aliphatic rings. The Kier molecular flexibility index (Phi) is 4.38. The molecule has 1 aromatic rings. The van der Waals surface area contributed by atoms with Crippen LogP contribution in [0.1, 0.15) is 44.6 Å². The van der Waals surface area contributed by atoms with E-state index in [-0.39, 0.29) is 30.2 Å². The number of carbonyl (C=O) groups excluding carboxylic acids is 1. The van der Waals surface area contributed by atoms with Crippen LogP contribution in [0.15, 0.2) is 30.4 Å². The number of esters is 1. The molecule has 0 aromatic heterocycles. The number of fused-ring (bicyclic) bond motifs is 3. The lowest BCUT2D eigenvalue weighted by atomic mass is 9.55. The molecule has 28 heavy (non-hydrogen) atoms. The highest BCUT2D eigenvalue weighted by Crippen LogP contribution is 2.56. The molecular weight excluding hydrogens is 354 g/mol. The molecule has 2 aliphatic carbocycles. The average Bonchev–Trinajstić information content (AvgIpc) is 3.24. The first-order valence-corrected chi connectivity index (χ1v) is 10.5. The van der Waals surface area contributed by atoms with Gasteiger partial charge in [0.05, 0.1) is 5.92 Å². The molecule has 5 atom stereocenters. The van der Waals surface area contributed by atoms with E-state index < -0.39 is 0 Å². The highest BCUT2D eigenvalue weighted by atomic mass is 16.7. The fourth-order valence-electron chi connectivity index (χ4n) is 5.91. The zero-order chi connectivity index (χ0) is 19.3. The lowest BCUT2D eigenvalue weighted by Gasteiger charge is -2.50. The molecule has 2 saturated carbocycles. The van der Waals surface area contributed by atoms with Gasteiger partial charge in [-0.2, -0.15) is 0 Å². The number of hydrogen-bond donors (Lipinski definition) is 1. The summed E-state index contributed by atoms with van der Waals surface area (Å²) in [6.45, 7) is 8.38. The van der Waals surface area contributed by atoms with Crippen molar-refractivity contribution in [2.75, 3.05) is 13.3 Å². The lowest BCUT2D eigenvalue weighted by Crippen LogP contribution is -2.45. The van der Waals surface area contributed by atoms with Crippen LogP contribution in [-0.4, -0.2) is 25.4 Å². The summed E-state index contributed by atoms with van der Waals surface area (Å²) in [6, 6.07) is 5.98. The van der Waals surface area contributed by atoms with E-state index >= 15 is 0 Å². The van der Waals surface area contributed by atoms with Crippen LogP contribution in [0.3, 0.4) is 0 Å². The SMILES string of the molecule is C=C1CCC[C@]2(C)C[C@H]3OC(=O)[C@H](CNCc4ccc5c(c4)OCO5)[C@@H]3C[C@@H]12. The molecule has 5 nitrogen and oxygen atoms in total. The number of carbonyl (C=O) groups is 1. The summed E-state index contributed by atoms with van der Waals surface area (Å²) < 4.78 is 16.7. The van der Waals surface area contributed by atoms with Crippen molar-refractivity contribution in [3.63, 3.8) is 0 Å². The van der Waals surface area contributed by atoms with Gasteiger partial charge in [-0.25, -0.2) is 0 Å². The number of allylic oxidation sites excluding steroid dienone is 1. The van der Waals surface area contributed by atoms with E-state index in [1.54, 1.807) is 0 Å². The third-order valence-electron chi connectivity index (χ3n) is 7.45. The van der Waals surface area contributed by atoms with Crippen molar-refractivity contribution in [2.24, 2.45) is 23.2 Å². The molecular formula is C23H29NO4. The second-order valence-electron chi connectivity index (χ2n) is 9.22. The number of hydrogen-bond acceptors (Lipinski definition) is 5. The minimum absolute atomic E-state index is 0.0268. The van der Waals surface area contributed by atoms with Crippen LogP contribution in [0.25, 0.3) is 0 Å². The zero-order valence-corrected chi connectivity index (χ0v) is 16.5. The number of ether oxygens (including phenoxy) is 3. The first kappa shape index (κ1) is 18.0. The number of nitrogens with one attached hydrogen (secondary N) is 1. The Morgan fingerprint density at radius 2 is 2.14 bits per heavy atom. The van der Waals surface area contributed by atoms with Crippen molar-refractivity contribution in [2.45, 2.75) is 51.7 Å². The van der Waals surface area contributed by atoms with Crippen LogP contribution in [-0.2, 0) is 16.1 Å². The summed E-state index contributed by atoms with van der Waals surface area (Å²) in [7, 11) is 0. The summed E-state index contributed by atoms with van der Waals surface area (Å²) >= 11 is 0. The summed E-state index contributed by atoms with van der Waals surface area (Å²) in [5.74, 6) is 2.35. The largest absolute Gasteiger partial charge is 0.462 e. The molecule has 0 radical (unpaired) electrons. The molecule has 5 heteroatoms. The fraction of sp³-hybridized carbons (Fsp3) is 0.609. The third-order valence-corrected chi connectivity index (χ3v) is 7.45. The van der Waals surface area contributed by atoms with Crippen molar-refractivity contribution < 1.29 is 19.0 Å². The summed E-state index contributed by atoms with van der Waals surface area (Å²) in [6.07, 6.45) is 5.70. The maximum Gasteiger partial charge on any atom is 0.310 e. The Hall–Kier alpha value is -2.01. The van der Waals surface area contributed by atoms with Crippen molar-refractivity contribution >= 4 is 5.97 Å². The molecule has 0 bridgehead atoms. The molecule has 0 amide bonds. The monoisotopic (exact) mass is 383 g/mol. The first-order chi connectivity index (χ1) is 13.5. The minimum atomic E-state index is -0.0571. The van der Waals surface area contributed by atoms with Gasteiger partial charge < -0.3 is 19.5 Å². The Labute approximate surface area is 166 Å². The van der Waals surface area contributed by atoms with Gasteiger partial charge >= 0.3 is 5.97 Å². The van der Waals surface area contributed by atoms with Gasteiger partial charge in [0.1, 0.15) is 6.10 Å². The summed E-state index contributed by atoms with van der Waals surface area (Å²) in [4.78, 5) is 12.6. The Morgan fingerprint density at radius 3 is 3.04 bits per heavy atom. The molecule has 5 rings (SSSR count). The smallest absolute Gasteiger partial charge is 0.310 e. The van der Waals surface area contributed by atoms with Gasteiger partial charge in [-0.15, -0.1) is 0 Å². The first-order valence-electron chi connectivity index (χ1n) is 10.5. The van der Waals surface area contributed by atoms with E-state index in [1.165, 1.54) is 18.4 Å². The number of benzene rings is 1. The van der Waals surface area contributed by atoms with Crippen LogP contribution in [0.5, 0.6) is 11.5 Å². The molecule has 2 aliphatic heterocycles. The molecule has 150 valence electrons. The van der Waals surface area contributed by atoms with Crippen molar-refractivity contribution in [3.8, 4) is 11.5 Å². The molecule has 0 unspecified atom stereocenters. The van der Waals surface area contributed by atoms with Crippen LogP contribution in [0.2, 0.25) is 0 Å². The molecule has 1 N–H and O–H groups in total. The average molecular weight is 383 g/mol. The van der Waals surface area contributed by atoms with E-state index in [0.29, 0.717) is 24.9 Å². The van der Waals surface area contributed by atoms with Gasteiger partial charge in [-0.05, 0) is 61.1 Å². The Morgan fingerprint density at radius 1 is 1.29 bits per heavy atom. The van der Waals surface area contributed by atoms with E-state index in [1.807, 2.05) is 18.2 Å². The van der Waals surface area contributed by atoms with Gasteiger partial charge in [-0.3, -0.25) is 4.79 Å². The molecule has 1 aromatic carbocycles. The van der Waals surface area contributed by atoms with Crippen LogP contribution in [0, 0.1) is 23.2 Å². The zero-order valence-electron chi connectivity index (χ0n) is 16.5. The molecule has 0 spiro atoms. The third kappa shape index (κ3) is 3.00. The highest BCUT2D eigenvalue weighted by molar-refractivity contribution is 5.75. The van der Waals surface area contributed by atoms with E-state index in [2.05, 4.69) is 18.8 Å². The number of rotatable bonds is 4. The summed E-state index contributed by atoms with van der Waals surface area (Å²) in [5.41, 5.74) is 2.77. The van der Waals surface area contributed by atoms with Crippen LogP contribution in [0.4, 0.5) is 0 Å². The van der Waals surface area contributed by atoms with Crippen molar-refractivity contribution in [1.82, 2.24) is 5.32 Å². The van der Waals surface area contributed by atoms with Gasteiger partial charge in [0.25, 0.3) is 0 Å². The van der Waals surface area contributed by atoms with Gasteiger partial charge in [0.15, 0.2) is 11.5 Å². The fourth-order valence-corrected chi connectivity index (χ4v) is 5.91. The summed E-state index contributed by atoms with van der Waals surface area (Å²) in [5, 5.41) is 3.47. The van der Waals surface area contributed by atoms with Crippen LogP contribution >= 0.6 is 0 Å². The second kappa shape index (κ2) is 6.80. The Balaban J connectivity index is 1.23. The second-order valence-corrected chi connectivity index (χ2v) is 9.22. The molecule has 2 heterocycles. The lowest BCUT2D eigenvalue weighted by molar-refractivity contribution is -0.146. The van der Waals surface area contributed by atoms with E-state index in [9.17, 15) is 4.79 Å². The van der Waals surface area contributed by atoms with Gasteiger partial charge in [0, 0.05) is 19.0 Å². The van der Waals surface area contributed by atoms with Crippen LogP contribution < -0.4 is 14.8 Å². The quantitative estimate of drug-likeness (QED) is 0.633. The molecule has 1 saturated heterocycles. The minimum Gasteiger partial charge on any atom is -0.462 e. The maximum absolute atomic E-state index is 12.6. The van der Waals surface area contributed by atoms with Gasteiger partial charge in [-0.1, -0.05) is 25.1 Å². The van der Waals surface area contributed by atoms with Crippen molar-refractivity contribution in [3.05, 3.63) is 35.9 Å². The predicted molar refractivity (Wildman–Crippen MR) is 105 cm³/mol. The van der Waals surface area contributed by atoms with Gasteiger partial charge in [0.2, 0.25) is 6.79 Å². The van der Waals surface area contributed by atoms with E-state index in [4.69, 9.17) is 14.2 Å². The normalized spacial score (nSPS) is 36.0. The van der Waals surface area contributed by atoms with Crippen molar-refractivity contribution in [1.29, 1.82) is 0 Å².